The maximum atomic E-state index is 12.2. The van der Waals surface area contributed by atoms with Crippen molar-refractivity contribution in [3.8, 4) is 0 Å². The number of aromatic nitrogens is 4. The molecule has 2 aliphatic rings. The maximum absolute atomic E-state index is 12.2. The van der Waals surface area contributed by atoms with Gasteiger partial charge in [0.25, 0.3) is 5.56 Å². The van der Waals surface area contributed by atoms with Crippen molar-refractivity contribution in [2.75, 3.05) is 23.7 Å². The van der Waals surface area contributed by atoms with Crippen molar-refractivity contribution in [3.63, 3.8) is 0 Å². The topological polar surface area (TPSA) is 75.9 Å². The van der Waals surface area contributed by atoms with Crippen LogP contribution in [0.15, 0.2) is 9.59 Å². The highest BCUT2D eigenvalue weighted by molar-refractivity contribution is 8.00. The predicted molar refractivity (Wildman–Crippen MR) is 97.1 cm³/mol. The minimum atomic E-state index is -0.421. The van der Waals surface area contributed by atoms with E-state index >= 15 is 0 Å². The van der Waals surface area contributed by atoms with Crippen molar-refractivity contribution in [2.45, 2.75) is 36.9 Å². The molecule has 2 aromatic heterocycles. The monoisotopic (exact) mass is 349 g/mol. The van der Waals surface area contributed by atoms with Crippen LogP contribution in [-0.4, -0.2) is 42.7 Å². The van der Waals surface area contributed by atoms with Crippen LogP contribution in [0.5, 0.6) is 0 Å². The molecule has 0 aromatic carbocycles. The largest absolute Gasteiger partial charge is 0.340 e. The van der Waals surface area contributed by atoms with Crippen LogP contribution in [0.25, 0.3) is 11.2 Å². The van der Waals surface area contributed by atoms with Crippen LogP contribution in [-0.2, 0) is 14.1 Å². The first-order valence-electron chi connectivity index (χ1n) is 8.55. The molecular formula is C16H23N5O2S. The van der Waals surface area contributed by atoms with E-state index < -0.39 is 5.69 Å². The summed E-state index contributed by atoms with van der Waals surface area (Å²) in [4.78, 5) is 33.4. The van der Waals surface area contributed by atoms with Gasteiger partial charge in [-0.25, -0.2) is 4.79 Å². The zero-order chi connectivity index (χ0) is 16.9. The van der Waals surface area contributed by atoms with E-state index in [0.717, 1.165) is 24.8 Å². The third-order valence-corrected chi connectivity index (χ3v) is 6.94. The molecule has 0 atom stereocenters. The Bertz CT molecular complexity index is 885. The minimum absolute atomic E-state index is 0.326. The molecule has 1 spiro atoms. The van der Waals surface area contributed by atoms with E-state index in [4.69, 9.17) is 0 Å². The average molecular weight is 349 g/mol. The first-order valence-corrected chi connectivity index (χ1v) is 9.54. The molecule has 1 saturated carbocycles. The molecule has 2 fully saturated rings. The van der Waals surface area contributed by atoms with Crippen LogP contribution in [0.2, 0.25) is 0 Å². The fraction of sp³-hybridized carbons (Fsp3) is 0.688. The van der Waals surface area contributed by atoms with E-state index in [0.29, 0.717) is 15.9 Å². The Balaban J connectivity index is 1.78. The fourth-order valence-electron chi connectivity index (χ4n) is 4.09. The Morgan fingerprint density at radius 3 is 2.62 bits per heavy atom. The molecule has 0 unspecified atom stereocenters. The molecule has 4 rings (SSSR count). The van der Waals surface area contributed by atoms with E-state index in [1.807, 2.05) is 11.6 Å². The molecule has 0 radical (unpaired) electrons. The van der Waals surface area contributed by atoms with E-state index in [9.17, 15) is 9.59 Å². The van der Waals surface area contributed by atoms with E-state index in [2.05, 4.69) is 26.6 Å². The molecule has 1 aliphatic carbocycles. The molecule has 24 heavy (non-hydrogen) atoms. The normalized spacial score (nSPS) is 20.8. The number of rotatable bonds is 1. The summed E-state index contributed by atoms with van der Waals surface area (Å²) in [5, 5.41) is 0. The van der Waals surface area contributed by atoms with Crippen LogP contribution >= 0.6 is 11.8 Å². The second-order valence-corrected chi connectivity index (χ2v) is 8.54. The van der Waals surface area contributed by atoms with Crippen molar-refractivity contribution < 1.29 is 0 Å². The standard InChI is InChI=1S/C16H23N5O2S/c1-19-11-12(20(2)15(23)18-13(11)22)17-14(19)21-8-9-24-16(10-21)6-4-3-5-7-16/h3-10H2,1-2H3,(H,18,22,23). The summed E-state index contributed by atoms with van der Waals surface area (Å²) < 4.78 is 3.57. The van der Waals surface area contributed by atoms with Gasteiger partial charge < -0.3 is 9.47 Å². The Labute approximate surface area is 144 Å². The Kier molecular flexibility index (Phi) is 3.74. The van der Waals surface area contributed by atoms with Gasteiger partial charge >= 0.3 is 5.69 Å². The molecular weight excluding hydrogens is 326 g/mol. The van der Waals surface area contributed by atoms with Crippen molar-refractivity contribution in [1.29, 1.82) is 0 Å². The van der Waals surface area contributed by atoms with Crippen molar-refractivity contribution >= 4 is 28.9 Å². The molecule has 1 saturated heterocycles. The Hall–Kier alpha value is -1.70. The second-order valence-electron chi connectivity index (χ2n) is 6.98. The number of hydrogen-bond donors (Lipinski definition) is 1. The van der Waals surface area contributed by atoms with Gasteiger partial charge in [-0.1, -0.05) is 19.3 Å². The van der Waals surface area contributed by atoms with Gasteiger partial charge in [0, 0.05) is 37.7 Å². The lowest BCUT2D eigenvalue weighted by molar-refractivity contribution is 0.389. The smallest absolute Gasteiger partial charge is 0.329 e. The molecule has 0 bridgehead atoms. The number of fused-ring (bicyclic) bond motifs is 1. The van der Waals surface area contributed by atoms with Gasteiger partial charge in [-0.05, 0) is 12.8 Å². The molecule has 7 nitrogen and oxygen atoms in total. The van der Waals surface area contributed by atoms with Crippen molar-refractivity contribution in [2.24, 2.45) is 14.1 Å². The molecule has 1 aliphatic heterocycles. The number of H-pyrrole nitrogens is 1. The highest BCUT2D eigenvalue weighted by Gasteiger charge is 2.38. The molecule has 3 heterocycles. The number of nitrogens with zero attached hydrogens (tertiary/aromatic N) is 4. The lowest BCUT2D eigenvalue weighted by atomic mass is 9.87. The molecule has 1 N–H and O–H groups in total. The van der Waals surface area contributed by atoms with Gasteiger partial charge in [0.2, 0.25) is 5.95 Å². The average Bonchev–Trinajstić information content (AvgIpc) is 2.92. The molecule has 130 valence electrons. The first-order chi connectivity index (χ1) is 11.5. The van der Waals surface area contributed by atoms with E-state index in [-0.39, 0.29) is 5.56 Å². The van der Waals surface area contributed by atoms with Crippen molar-refractivity contribution in [1.82, 2.24) is 19.1 Å². The second kappa shape index (κ2) is 5.68. The Morgan fingerprint density at radius 1 is 1.12 bits per heavy atom. The van der Waals surface area contributed by atoms with Gasteiger partial charge in [-0.15, -0.1) is 0 Å². The summed E-state index contributed by atoms with van der Waals surface area (Å²) in [7, 11) is 3.51. The number of anilines is 1. The first kappa shape index (κ1) is 15.8. The van der Waals surface area contributed by atoms with Crippen LogP contribution in [0, 0.1) is 0 Å². The quantitative estimate of drug-likeness (QED) is 0.838. The van der Waals surface area contributed by atoms with Gasteiger partial charge in [0.15, 0.2) is 11.2 Å². The summed E-state index contributed by atoms with van der Waals surface area (Å²) in [6.07, 6.45) is 6.47. The number of imidazole rings is 1. The Morgan fingerprint density at radius 2 is 1.88 bits per heavy atom. The molecule has 8 heteroatoms. The number of aryl methyl sites for hydroxylation is 2. The fourth-order valence-corrected chi connectivity index (χ4v) is 5.66. The van der Waals surface area contributed by atoms with E-state index in [1.165, 1.54) is 36.7 Å². The summed E-state index contributed by atoms with van der Waals surface area (Å²) >= 11 is 2.10. The van der Waals surface area contributed by atoms with Gasteiger partial charge in [-0.3, -0.25) is 14.3 Å². The maximum Gasteiger partial charge on any atom is 0.329 e. The van der Waals surface area contributed by atoms with Crippen LogP contribution < -0.4 is 16.1 Å². The van der Waals surface area contributed by atoms with Crippen molar-refractivity contribution in [3.05, 3.63) is 20.8 Å². The lowest BCUT2D eigenvalue weighted by Crippen LogP contribution is -2.48. The summed E-state index contributed by atoms with van der Waals surface area (Å²) in [5.41, 5.74) is 0.128. The van der Waals surface area contributed by atoms with Gasteiger partial charge in [0.1, 0.15) is 0 Å². The summed E-state index contributed by atoms with van der Waals surface area (Å²) in [6, 6.07) is 0. The third-order valence-electron chi connectivity index (χ3n) is 5.41. The van der Waals surface area contributed by atoms with Gasteiger partial charge in [0.05, 0.1) is 0 Å². The zero-order valence-corrected chi connectivity index (χ0v) is 15.0. The zero-order valence-electron chi connectivity index (χ0n) is 14.2. The number of nitrogens with one attached hydrogen (secondary N) is 1. The van der Waals surface area contributed by atoms with Crippen LogP contribution in [0.4, 0.5) is 5.95 Å². The summed E-state index contributed by atoms with van der Waals surface area (Å²) in [6.45, 7) is 1.90. The molecule has 2 aromatic rings. The highest BCUT2D eigenvalue weighted by Crippen LogP contribution is 2.43. The van der Waals surface area contributed by atoms with Crippen LogP contribution in [0.3, 0.4) is 0 Å². The number of aromatic amines is 1. The van der Waals surface area contributed by atoms with E-state index in [1.54, 1.807) is 7.05 Å². The molecule has 0 amide bonds. The van der Waals surface area contributed by atoms with Gasteiger partial charge in [-0.2, -0.15) is 16.7 Å². The summed E-state index contributed by atoms with van der Waals surface area (Å²) in [5.74, 6) is 1.88. The number of hydrogen-bond acceptors (Lipinski definition) is 5. The predicted octanol–water partition coefficient (Wildman–Crippen LogP) is 1.22. The third kappa shape index (κ3) is 2.39. The highest BCUT2D eigenvalue weighted by atomic mass is 32.2. The van der Waals surface area contributed by atoms with Crippen LogP contribution in [0.1, 0.15) is 32.1 Å². The number of thioether (sulfide) groups is 1. The minimum Gasteiger partial charge on any atom is -0.340 e. The lowest BCUT2D eigenvalue weighted by Gasteiger charge is -2.44. The SMILES string of the molecule is Cn1c(N2CCSC3(CCCCC3)C2)nc2c1c(=O)[nH]c(=O)n2C.